The molecule has 0 aliphatic heterocycles. The fourth-order valence-electron chi connectivity index (χ4n) is 3.97. The minimum absolute atomic E-state index is 1.13. The first-order valence-corrected chi connectivity index (χ1v) is 10.9. The highest BCUT2D eigenvalue weighted by Crippen LogP contribution is 2.22. The summed E-state index contributed by atoms with van der Waals surface area (Å²) >= 11 is 0. The average molecular weight is 411 g/mol. The number of nitrogens with zero attached hydrogens (tertiary/aromatic N) is 1. The van der Waals surface area contributed by atoms with E-state index in [4.69, 9.17) is 0 Å². The maximum absolute atomic E-state index is 2.33. The minimum Gasteiger partial charge on any atom is -0.153 e. The van der Waals surface area contributed by atoms with Crippen molar-refractivity contribution in [1.82, 2.24) is 0 Å². The van der Waals surface area contributed by atoms with E-state index in [0.717, 1.165) is 17.0 Å². The van der Waals surface area contributed by atoms with Crippen LogP contribution in [0.25, 0.3) is 34.3 Å². The minimum atomic E-state index is 1.13. The Morgan fingerprint density at radius 2 is 1.19 bits per heavy atom. The van der Waals surface area contributed by atoms with Crippen molar-refractivity contribution < 1.29 is 4.57 Å². The van der Waals surface area contributed by atoms with Crippen molar-refractivity contribution in [1.29, 1.82) is 0 Å². The van der Waals surface area contributed by atoms with Crippen LogP contribution in [-0.4, -0.2) is 0 Å². The zero-order chi connectivity index (χ0) is 21.6. The zero-order valence-corrected chi connectivity index (χ0v) is 17.8. The van der Waals surface area contributed by atoms with Crippen LogP contribution >= 0.6 is 0 Å². The molecule has 0 spiro atoms. The van der Waals surface area contributed by atoms with Crippen LogP contribution in [0.3, 0.4) is 0 Å². The first kappa shape index (κ1) is 19.7. The molecule has 0 unspecified atom stereocenters. The molecule has 0 fully saturated rings. The van der Waals surface area contributed by atoms with Crippen LogP contribution in [-0.2, 0) is 0 Å². The van der Waals surface area contributed by atoms with E-state index in [9.17, 15) is 0 Å². The zero-order valence-electron chi connectivity index (χ0n) is 17.8. The van der Waals surface area contributed by atoms with Gasteiger partial charge in [0.25, 0.3) is 0 Å². The van der Waals surface area contributed by atoms with Crippen LogP contribution in [0.2, 0.25) is 0 Å². The third-order valence-electron chi connectivity index (χ3n) is 5.55. The van der Waals surface area contributed by atoms with Gasteiger partial charge in [-0.3, -0.25) is 0 Å². The van der Waals surface area contributed by atoms with Crippen molar-refractivity contribution in [2.45, 2.75) is 0 Å². The quantitative estimate of drug-likeness (QED) is 0.210. The van der Waals surface area contributed by atoms with E-state index >= 15 is 0 Å². The number of aromatic nitrogens is 1. The van der Waals surface area contributed by atoms with Crippen molar-refractivity contribution in [3.63, 3.8) is 0 Å². The maximum Gasteiger partial charge on any atom is 0.218 e. The lowest BCUT2D eigenvalue weighted by Gasteiger charge is -2.07. The summed E-state index contributed by atoms with van der Waals surface area (Å²) in [5.41, 5.74) is 7.00. The molecule has 0 saturated carbocycles. The van der Waals surface area contributed by atoms with E-state index in [-0.39, 0.29) is 0 Å². The van der Waals surface area contributed by atoms with E-state index in [0.29, 0.717) is 0 Å². The summed E-state index contributed by atoms with van der Waals surface area (Å²) in [5, 5.41) is 1.22. The van der Waals surface area contributed by atoms with Gasteiger partial charge in [0.2, 0.25) is 16.9 Å². The number of fused-ring (bicyclic) bond motifs is 1. The first-order valence-electron chi connectivity index (χ1n) is 10.9. The van der Waals surface area contributed by atoms with Gasteiger partial charge in [-0.25, -0.2) is 0 Å². The Labute approximate surface area is 189 Å². The molecular weight excluding hydrogens is 386 g/mol. The number of hydrogen-bond acceptors (Lipinski definition) is 0. The molecular formula is C31H24N+. The number of rotatable bonds is 5. The second kappa shape index (κ2) is 9.28. The molecule has 0 bridgehead atoms. The summed E-state index contributed by atoms with van der Waals surface area (Å²) < 4.78 is 2.33. The third-order valence-corrected chi connectivity index (χ3v) is 5.55. The first-order chi connectivity index (χ1) is 15.9. The monoisotopic (exact) mass is 410 g/mol. The van der Waals surface area contributed by atoms with Gasteiger partial charge in [0.05, 0.1) is 0 Å². The van der Waals surface area contributed by atoms with Crippen molar-refractivity contribution in [2.24, 2.45) is 0 Å². The van der Waals surface area contributed by atoms with Gasteiger partial charge < -0.3 is 0 Å². The van der Waals surface area contributed by atoms with Crippen LogP contribution in [0.1, 0.15) is 16.8 Å². The largest absolute Gasteiger partial charge is 0.218 e. The number of hydrogen-bond donors (Lipinski definition) is 0. The highest BCUT2D eigenvalue weighted by Gasteiger charge is 2.17. The predicted molar refractivity (Wildman–Crippen MR) is 135 cm³/mol. The molecule has 1 nitrogen and oxygen atoms in total. The predicted octanol–water partition coefficient (Wildman–Crippen LogP) is 7.37. The molecule has 4 aromatic carbocycles. The fourth-order valence-corrected chi connectivity index (χ4v) is 3.97. The molecule has 0 N–H and O–H groups in total. The molecule has 32 heavy (non-hydrogen) atoms. The van der Waals surface area contributed by atoms with Crippen LogP contribution in [0.5, 0.6) is 0 Å². The molecule has 0 atom stereocenters. The van der Waals surface area contributed by atoms with Gasteiger partial charge >= 0.3 is 0 Å². The van der Waals surface area contributed by atoms with Crippen LogP contribution < -0.4 is 4.57 Å². The van der Waals surface area contributed by atoms with E-state index in [2.05, 4.69) is 144 Å². The van der Waals surface area contributed by atoms with Gasteiger partial charge in [0, 0.05) is 35.7 Å². The number of pyridine rings is 1. The van der Waals surface area contributed by atoms with Crippen molar-refractivity contribution in [3.8, 4) is 5.69 Å². The van der Waals surface area contributed by atoms with Gasteiger partial charge in [-0.05, 0) is 28.8 Å². The lowest BCUT2D eigenvalue weighted by atomic mass is 10.0. The molecule has 0 aliphatic carbocycles. The van der Waals surface area contributed by atoms with E-state index in [1.165, 1.54) is 22.0 Å². The van der Waals surface area contributed by atoms with E-state index in [1.54, 1.807) is 0 Å². The lowest BCUT2D eigenvalue weighted by Crippen LogP contribution is -2.35. The molecule has 0 radical (unpaired) electrons. The average Bonchev–Trinajstić information content (AvgIpc) is 2.88. The summed E-state index contributed by atoms with van der Waals surface area (Å²) in [7, 11) is 0. The van der Waals surface area contributed by atoms with Gasteiger partial charge in [0.1, 0.15) is 0 Å². The van der Waals surface area contributed by atoms with E-state index < -0.39 is 0 Å². The van der Waals surface area contributed by atoms with Crippen molar-refractivity contribution in [2.75, 3.05) is 0 Å². The topological polar surface area (TPSA) is 3.88 Å². The molecule has 5 rings (SSSR count). The van der Waals surface area contributed by atoms with Gasteiger partial charge in [-0.1, -0.05) is 103 Å². The molecule has 152 valence electrons. The molecule has 5 aromatic rings. The molecule has 1 heteroatoms. The number of allylic oxidation sites excluding steroid dienone is 2. The smallest absolute Gasteiger partial charge is 0.153 e. The molecule has 0 aliphatic rings. The van der Waals surface area contributed by atoms with Crippen molar-refractivity contribution >= 4 is 28.6 Å². The van der Waals surface area contributed by atoms with Gasteiger partial charge in [0.15, 0.2) is 0 Å². The maximum atomic E-state index is 2.33. The molecule has 0 saturated heterocycles. The number of para-hydroxylation sites is 2. The summed E-state index contributed by atoms with van der Waals surface area (Å²) in [4.78, 5) is 0. The van der Waals surface area contributed by atoms with E-state index in [1.807, 2.05) is 6.07 Å². The Hall–Kier alpha value is -4.23. The Morgan fingerprint density at radius 3 is 1.94 bits per heavy atom. The second-order valence-corrected chi connectivity index (χ2v) is 7.70. The van der Waals surface area contributed by atoms with Crippen molar-refractivity contribution in [3.05, 3.63) is 150 Å². The SMILES string of the molecule is C(=Cc1ccccc1)C(=Cc1ccc2ccccc2[n+]1-c1ccccc1)c1ccccc1. The summed E-state index contributed by atoms with van der Waals surface area (Å²) in [6.45, 7) is 0. The third kappa shape index (κ3) is 4.28. The highest BCUT2D eigenvalue weighted by atomic mass is 15.0. The summed E-state index contributed by atoms with van der Waals surface area (Å²) in [6.07, 6.45) is 6.65. The van der Waals surface area contributed by atoms with Crippen LogP contribution in [0.4, 0.5) is 0 Å². The van der Waals surface area contributed by atoms with Crippen LogP contribution in [0, 0.1) is 0 Å². The second-order valence-electron chi connectivity index (χ2n) is 7.70. The summed E-state index contributed by atoms with van der Waals surface area (Å²) in [5.74, 6) is 0. The Morgan fingerprint density at radius 1 is 0.562 bits per heavy atom. The lowest BCUT2D eigenvalue weighted by molar-refractivity contribution is -0.569. The van der Waals surface area contributed by atoms with Gasteiger partial charge in [-0.2, -0.15) is 4.57 Å². The molecule has 1 heterocycles. The molecule has 1 aromatic heterocycles. The normalized spacial score (nSPS) is 11.8. The molecule has 0 amide bonds. The van der Waals surface area contributed by atoms with Crippen LogP contribution in [0.15, 0.2) is 133 Å². The fraction of sp³-hybridized carbons (Fsp3) is 0. The standard InChI is InChI=1S/C31H24N/c1-4-12-25(13-5-1)20-21-28(26-14-6-2-7-15-26)24-30-23-22-27-16-10-11-19-31(27)32(30)29-17-8-3-9-18-29/h1-24H/q+1. The Bertz CT molecular complexity index is 1380. The van der Waals surface area contributed by atoms with Gasteiger partial charge in [-0.15, -0.1) is 0 Å². The Kier molecular flexibility index (Phi) is 5.72. The summed E-state index contributed by atoms with van der Waals surface area (Å²) in [6, 6.07) is 44.5. The Balaban J connectivity index is 1.71. The highest BCUT2D eigenvalue weighted by molar-refractivity contribution is 5.90. The number of benzene rings is 4.